The summed E-state index contributed by atoms with van der Waals surface area (Å²) in [5.41, 5.74) is 3.20. The highest BCUT2D eigenvalue weighted by molar-refractivity contribution is 7.16. The van der Waals surface area contributed by atoms with Crippen molar-refractivity contribution < 1.29 is 5.11 Å². The average molecular weight is 253 g/mol. The van der Waals surface area contributed by atoms with Crippen molar-refractivity contribution in [3.8, 4) is 0 Å². The molecule has 1 unspecified atom stereocenters. The van der Waals surface area contributed by atoms with Crippen LogP contribution in [0, 0.1) is 13.8 Å². The third-order valence-corrected chi connectivity index (χ3v) is 3.96. The Bertz CT molecular complexity index is 484. The van der Waals surface area contributed by atoms with Crippen LogP contribution in [0.25, 0.3) is 0 Å². The van der Waals surface area contributed by atoms with Crippen LogP contribution in [0.3, 0.4) is 0 Å². The molecule has 0 aliphatic carbocycles. The van der Waals surface area contributed by atoms with Gasteiger partial charge in [-0.05, 0) is 42.7 Å². The van der Waals surface area contributed by atoms with Crippen LogP contribution in [0.5, 0.6) is 0 Å². The van der Waals surface area contributed by atoms with E-state index in [1.165, 1.54) is 11.3 Å². The van der Waals surface area contributed by atoms with Crippen LogP contribution >= 0.6 is 22.9 Å². The van der Waals surface area contributed by atoms with Crippen molar-refractivity contribution in [2.75, 3.05) is 0 Å². The predicted octanol–water partition coefficient (Wildman–Crippen LogP) is 4.10. The smallest absolute Gasteiger partial charge is 0.114 e. The molecule has 0 bridgehead atoms. The standard InChI is InChI=1S/C13H13ClOS/c1-8-4-3-5-9(2)12(8)13(15)10-6-7-11(14)16-10/h3-7,13,15H,1-2H3. The Morgan fingerprint density at radius 3 is 2.25 bits per heavy atom. The predicted molar refractivity (Wildman–Crippen MR) is 69.3 cm³/mol. The SMILES string of the molecule is Cc1cccc(C)c1C(O)c1ccc(Cl)s1. The molecule has 0 saturated carbocycles. The molecule has 0 radical (unpaired) electrons. The van der Waals surface area contributed by atoms with Crippen molar-refractivity contribution in [3.63, 3.8) is 0 Å². The molecule has 1 nitrogen and oxygen atoms in total. The van der Waals surface area contributed by atoms with Crippen LogP contribution in [0.4, 0.5) is 0 Å². The van der Waals surface area contributed by atoms with E-state index in [4.69, 9.17) is 11.6 Å². The average Bonchev–Trinajstić information content (AvgIpc) is 2.64. The maximum atomic E-state index is 10.3. The van der Waals surface area contributed by atoms with E-state index in [1.54, 1.807) is 0 Å². The van der Waals surface area contributed by atoms with Gasteiger partial charge in [-0.1, -0.05) is 29.8 Å². The molecule has 0 aliphatic rings. The first kappa shape index (κ1) is 11.6. The summed E-state index contributed by atoms with van der Waals surface area (Å²) in [5, 5.41) is 10.3. The highest BCUT2D eigenvalue weighted by Gasteiger charge is 2.16. The lowest BCUT2D eigenvalue weighted by atomic mass is 9.97. The fraction of sp³-hybridized carbons (Fsp3) is 0.231. The maximum Gasteiger partial charge on any atom is 0.114 e. The number of aliphatic hydroxyl groups excluding tert-OH is 1. The minimum absolute atomic E-state index is 0.571. The highest BCUT2D eigenvalue weighted by Crippen LogP contribution is 2.33. The van der Waals surface area contributed by atoms with Crippen LogP contribution in [-0.4, -0.2) is 5.11 Å². The zero-order valence-corrected chi connectivity index (χ0v) is 10.8. The molecule has 0 fully saturated rings. The third kappa shape index (κ3) is 2.14. The van der Waals surface area contributed by atoms with E-state index in [1.807, 2.05) is 44.2 Å². The van der Waals surface area contributed by atoms with Gasteiger partial charge in [0.25, 0.3) is 0 Å². The molecule has 1 heterocycles. The topological polar surface area (TPSA) is 20.2 Å². The second-order valence-electron chi connectivity index (χ2n) is 3.85. The van der Waals surface area contributed by atoms with Crippen LogP contribution in [0.15, 0.2) is 30.3 Å². The van der Waals surface area contributed by atoms with E-state index in [-0.39, 0.29) is 0 Å². The Kier molecular flexibility index (Phi) is 3.33. The number of hydrogen-bond acceptors (Lipinski definition) is 2. The van der Waals surface area contributed by atoms with Crippen molar-refractivity contribution in [2.45, 2.75) is 20.0 Å². The molecule has 3 heteroatoms. The monoisotopic (exact) mass is 252 g/mol. The molecule has 2 aromatic rings. The molecule has 1 aromatic heterocycles. The summed E-state index contributed by atoms with van der Waals surface area (Å²) in [7, 11) is 0. The lowest BCUT2D eigenvalue weighted by molar-refractivity contribution is 0.222. The molecule has 1 atom stereocenters. The summed E-state index contributed by atoms with van der Waals surface area (Å²) in [6.45, 7) is 4.03. The Morgan fingerprint density at radius 2 is 1.75 bits per heavy atom. The van der Waals surface area contributed by atoms with Crippen LogP contribution in [-0.2, 0) is 0 Å². The van der Waals surface area contributed by atoms with Gasteiger partial charge in [-0.3, -0.25) is 0 Å². The van der Waals surface area contributed by atoms with Crippen LogP contribution in [0.1, 0.15) is 27.7 Å². The van der Waals surface area contributed by atoms with Gasteiger partial charge in [0, 0.05) is 4.88 Å². The molecular weight excluding hydrogens is 240 g/mol. The van der Waals surface area contributed by atoms with Crippen molar-refractivity contribution >= 4 is 22.9 Å². The number of hydrogen-bond donors (Lipinski definition) is 1. The van der Waals surface area contributed by atoms with Crippen LogP contribution in [0.2, 0.25) is 4.34 Å². The normalized spacial score (nSPS) is 12.8. The second kappa shape index (κ2) is 4.58. The zero-order valence-electron chi connectivity index (χ0n) is 9.20. The molecule has 0 amide bonds. The fourth-order valence-corrected chi connectivity index (χ4v) is 2.93. The quantitative estimate of drug-likeness (QED) is 0.853. The Hall–Kier alpha value is -0.830. The summed E-state index contributed by atoms with van der Waals surface area (Å²) in [4.78, 5) is 0.891. The lowest BCUT2D eigenvalue weighted by Crippen LogP contribution is -2.02. The Morgan fingerprint density at radius 1 is 1.12 bits per heavy atom. The molecular formula is C13H13ClOS. The van der Waals surface area contributed by atoms with Gasteiger partial charge in [0.1, 0.15) is 6.10 Å². The van der Waals surface area contributed by atoms with Gasteiger partial charge >= 0.3 is 0 Å². The van der Waals surface area contributed by atoms with Crippen LogP contribution < -0.4 is 0 Å². The fourth-order valence-electron chi connectivity index (χ4n) is 1.88. The van der Waals surface area contributed by atoms with E-state index in [0.717, 1.165) is 21.6 Å². The van der Waals surface area contributed by atoms with E-state index >= 15 is 0 Å². The van der Waals surface area contributed by atoms with Crippen molar-refractivity contribution in [1.29, 1.82) is 0 Å². The molecule has 1 aromatic carbocycles. The third-order valence-electron chi connectivity index (χ3n) is 2.68. The summed E-state index contributed by atoms with van der Waals surface area (Å²) in [6.07, 6.45) is -0.571. The van der Waals surface area contributed by atoms with Gasteiger partial charge < -0.3 is 5.11 Å². The van der Waals surface area contributed by atoms with E-state index < -0.39 is 6.10 Å². The van der Waals surface area contributed by atoms with E-state index in [2.05, 4.69) is 0 Å². The van der Waals surface area contributed by atoms with Crippen molar-refractivity contribution in [2.24, 2.45) is 0 Å². The summed E-state index contributed by atoms with van der Waals surface area (Å²) in [5.74, 6) is 0. The highest BCUT2D eigenvalue weighted by atomic mass is 35.5. The number of benzene rings is 1. The van der Waals surface area contributed by atoms with Gasteiger partial charge in [-0.15, -0.1) is 11.3 Å². The van der Waals surface area contributed by atoms with Gasteiger partial charge in [0.15, 0.2) is 0 Å². The minimum atomic E-state index is -0.571. The van der Waals surface area contributed by atoms with Crippen molar-refractivity contribution in [1.82, 2.24) is 0 Å². The second-order valence-corrected chi connectivity index (χ2v) is 5.60. The largest absolute Gasteiger partial charge is 0.383 e. The molecule has 1 N–H and O–H groups in total. The maximum absolute atomic E-state index is 10.3. The van der Waals surface area contributed by atoms with Gasteiger partial charge in [-0.25, -0.2) is 0 Å². The Labute approximate surface area is 104 Å². The molecule has 16 heavy (non-hydrogen) atoms. The number of rotatable bonds is 2. The van der Waals surface area contributed by atoms with Gasteiger partial charge in [0.05, 0.1) is 4.34 Å². The molecule has 2 rings (SSSR count). The van der Waals surface area contributed by atoms with Crippen molar-refractivity contribution in [3.05, 3.63) is 56.2 Å². The first-order valence-electron chi connectivity index (χ1n) is 5.09. The number of halogens is 1. The van der Waals surface area contributed by atoms with Gasteiger partial charge in [-0.2, -0.15) is 0 Å². The first-order chi connectivity index (χ1) is 7.59. The lowest BCUT2D eigenvalue weighted by Gasteiger charge is -2.15. The molecule has 84 valence electrons. The zero-order chi connectivity index (χ0) is 11.7. The number of aliphatic hydroxyl groups is 1. The van der Waals surface area contributed by atoms with E-state index in [0.29, 0.717) is 4.34 Å². The molecule has 0 spiro atoms. The summed E-state index contributed by atoms with van der Waals surface area (Å²) >= 11 is 7.30. The minimum Gasteiger partial charge on any atom is -0.383 e. The number of thiophene rings is 1. The molecule has 0 saturated heterocycles. The van der Waals surface area contributed by atoms with E-state index in [9.17, 15) is 5.11 Å². The Balaban J connectivity index is 2.45. The first-order valence-corrected chi connectivity index (χ1v) is 6.28. The van der Waals surface area contributed by atoms with Gasteiger partial charge in [0.2, 0.25) is 0 Å². The number of aryl methyl sites for hydroxylation is 2. The summed E-state index contributed by atoms with van der Waals surface area (Å²) < 4.78 is 0.709. The summed E-state index contributed by atoms with van der Waals surface area (Å²) in [6, 6.07) is 9.73. The molecule has 0 aliphatic heterocycles.